The maximum Gasteiger partial charge on any atom is 0.339 e. The van der Waals surface area contributed by atoms with E-state index in [0.29, 0.717) is 6.54 Å². The number of carboxylic acid groups (broad SMARTS) is 1. The van der Waals surface area contributed by atoms with Gasteiger partial charge >= 0.3 is 5.97 Å². The van der Waals surface area contributed by atoms with Gasteiger partial charge in [-0.15, -0.1) is 0 Å². The third-order valence-corrected chi connectivity index (χ3v) is 2.81. The number of pyridine rings is 1. The molecule has 2 rings (SSSR count). The molecule has 1 aromatic heterocycles. The Labute approximate surface area is 93.9 Å². The summed E-state index contributed by atoms with van der Waals surface area (Å²) in [5.41, 5.74) is 7.62. The van der Waals surface area contributed by atoms with Gasteiger partial charge in [-0.3, -0.25) is 4.98 Å². The minimum atomic E-state index is -0.942. The molecule has 1 aliphatic rings. The molecule has 0 radical (unpaired) electrons. The Hall–Kier alpha value is -1.62. The molecule has 5 nitrogen and oxygen atoms in total. The lowest BCUT2D eigenvalue weighted by Gasteiger charge is -2.20. The van der Waals surface area contributed by atoms with Gasteiger partial charge in [-0.2, -0.15) is 0 Å². The lowest BCUT2D eigenvalue weighted by atomic mass is 10.2. The molecule has 1 unspecified atom stereocenters. The first-order valence-corrected chi connectivity index (χ1v) is 5.28. The number of carboxylic acids is 1. The van der Waals surface area contributed by atoms with Crippen molar-refractivity contribution in [3.05, 3.63) is 23.5 Å². The number of aromatic nitrogens is 1. The molecule has 1 fully saturated rings. The molecule has 1 saturated heterocycles. The molecule has 1 atom stereocenters. The van der Waals surface area contributed by atoms with Gasteiger partial charge in [0.05, 0.1) is 5.69 Å². The monoisotopic (exact) mass is 221 g/mol. The fraction of sp³-hybridized carbons (Fsp3) is 0.455. The Morgan fingerprint density at radius 3 is 3.00 bits per heavy atom. The van der Waals surface area contributed by atoms with E-state index in [4.69, 9.17) is 10.8 Å². The first-order chi connectivity index (χ1) is 7.58. The van der Waals surface area contributed by atoms with E-state index in [1.54, 1.807) is 0 Å². The standard InChI is InChI=1S/C11H15N3O2/c1-7-4-10(9(5-13-7)11(15)16)14-3-2-8(12)6-14/h4-5,8H,2-3,6,12H2,1H3,(H,15,16). The van der Waals surface area contributed by atoms with Crippen LogP contribution in [0, 0.1) is 6.92 Å². The van der Waals surface area contributed by atoms with Crippen LogP contribution in [-0.4, -0.2) is 35.2 Å². The van der Waals surface area contributed by atoms with Crippen LogP contribution in [0.4, 0.5) is 5.69 Å². The van der Waals surface area contributed by atoms with Crippen LogP contribution in [0.25, 0.3) is 0 Å². The van der Waals surface area contributed by atoms with Gasteiger partial charge in [-0.05, 0) is 19.4 Å². The zero-order valence-electron chi connectivity index (χ0n) is 9.18. The second-order valence-corrected chi connectivity index (χ2v) is 4.14. The lowest BCUT2D eigenvalue weighted by Crippen LogP contribution is -2.27. The van der Waals surface area contributed by atoms with Crippen molar-refractivity contribution < 1.29 is 9.90 Å². The Kier molecular flexibility index (Phi) is 2.78. The summed E-state index contributed by atoms with van der Waals surface area (Å²) in [6.07, 6.45) is 2.32. The Balaban J connectivity index is 2.37. The molecular weight excluding hydrogens is 206 g/mol. The van der Waals surface area contributed by atoms with Crippen LogP contribution >= 0.6 is 0 Å². The largest absolute Gasteiger partial charge is 0.478 e. The first kappa shape index (κ1) is 10.9. The van der Waals surface area contributed by atoms with E-state index in [9.17, 15) is 4.79 Å². The van der Waals surface area contributed by atoms with Crippen molar-refractivity contribution >= 4 is 11.7 Å². The summed E-state index contributed by atoms with van der Waals surface area (Å²) in [6.45, 7) is 3.37. The summed E-state index contributed by atoms with van der Waals surface area (Å²) >= 11 is 0. The summed E-state index contributed by atoms with van der Waals surface area (Å²) in [7, 11) is 0. The average molecular weight is 221 g/mol. The van der Waals surface area contributed by atoms with Crippen LogP contribution in [-0.2, 0) is 0 Å². The first-order valence-electron chi connectivity index (χ1n) is 5.28. The van der Waals surface area contributed by atoms with Crippen molar-refractivity contribution in [3.63, 3.8) is 0 Å². The highest BCUT2D eigenvalue weighted by Crippen LogP contribution is 2.24. The van der Waals surface area contributed by atoms with Crippen LogP contribution in [0.5, 0.6) is 0 Å². The van der Waals surface area contributed by atoms with E-state index in [0.717, 1.165) is 24.3 Å². The molecular formula is C11H15N3O2. The van der Waals surface area contributed by atoms with Crippen molar-refractivity contribution in [3.8, 4) is 0 Å². The van der Waals surface area contributed by atoms with Crippen LogP contribution in [0.1, 0.15) is 22.5 Å². The topological polar surface area (TPSA) is 79.5 Å². The predicted octanol–water partition coefficient (Wildman–Crippen LogP) is 0.626. The maximum atomic E-state index is 11.1. The molecule has 0 aromatic carbocycles. The van der Waals surface area contributed by atoms with Gasteiger partial charge in [0.2, 0.25) is 0 Å². The molecule has 1 aromatic rings. The van der Waals surface area contributed by atoms with Crippen molar-refractivity contribution in [1.29, 1.82) is 0 Å². The number of carbonyl (C=O) groups is 1. The molecule has 0 amide bonds. The quantitative estimate of drug-likeness (QED) is 0.765. The Bertz CT molecular complexity index is 420. The number of nitrogens with zero attached hydrogens (tertiary/aromatic N) is 2. The number of hydrogen-bond donors (Lipinski definition) is 2. The molecule has 0 spiro atoms. The fourth-order valence-corrected chi connectivity index (χ4v) is 1.98. The van der Waals surface area contributed by atoms with Gasteiger partial charge in [0.15, 0.2) is 0 Å². The predicted molar refractivity (Wildman–Crippen MR) is 60.7 cm³/mol. The minimum absolute atomic E-state index is 0.134. The van der Waals surface area contributed by atoms with Crippen molar-refractivity contribution in [2.24, 2.45) is 5.73 Å². The van der Waals surface area contributed by atoms with Crippen molar-refractivity contribution in [2.75, 3.05) is 18.0 Å². The Morgan fingerprint density at radius 2 is 2.44 bits per heavy atom. The number of aryl methyl sites for hydroxylation is 1. The SMILES string of the molecule is Cc1cc(N2CCC(N)C2)c(C(=O)O)cn1. The van der Waals surface area contributed by atoms with Gasteiger partial charge in [0, 0.05) is 31.0 Å². The molecule has 2 heterocycles. The maximum absolute atomic E-state index is 11.1. The van der Waals surface area contributed by atoms with Crippen molar-refractivity contribution in [1.82, 2.24) is 4.98 Å². The van der Waals surface area contributed by atoms with Gasteiger partial charge < -0.3 is 15.7 Å². The smallest absolute Gasteiger partial charge is 0.339 e. The average Bonchev–Trinajstić information content (AvgIpc) is 2.64. The second kappa shape index (κ2) is 4.09. The second-order valence-electron chi connectivity index (χ2n) is 4.14. The number of anilines is 1. The summed E-state index contributed by atoms with van der Waals surface area (Å²) in [5, 5.41) is 9.08. The minimum Gasteiger partial charge on any atom is -0.478 e. The molecule has 0 bridgehead atoms. The molecule has 16 heavy (non-hydrogen) atoms. The number of aromatic carboxylic acids is 1. The van der Waals surface area contributed by atoms with E-state index in [2.05, 4.69) is 4.98 Å². The lowest BCUT2D eigenvalue weighted by molar-refractivity contribution is 0.0697. The molecule has 1 aliphatic heterocycles. The van der Waals surface area contributed by atoms with E-state index in [1.807, 2.05) is 17.9 Å². The van der Waals surface area contributed by atoms with Crippen LogP contribution in [0.2, 0.25) is 0 Å². The highest BCUT2D eigenvalue weighted by atomic mass is 16.4. The van der Waals surface area contributed by atoms with Crippen molar-refractivity contribution in [2.45, 2.75) is 19.4 Å². The molecule has 0 saturated carbocycles. The summed E-state index contributed by atoms with van der Waals surface area (Å²) in [5.74, 6) is -0.942. The number of rotatable bonds is 2. The molecule has 86 valence electrons. The van der Waals surface area contributed by atoms with Crippen LogP contribution in [0.3, 0.4) is 0 Å². The number of nitrogens with two attached hydrogens (primary N) is 1. The third kappa shape index (κ3) is 1.99. The molecule has 0 aliphatic carbocycles. The third-order valence-electron chi connectivity index (χ3n) is 2.81. The van der Waals surface area contributed by atoms with E-state index in [-0.39, 0.29) is 11.6 Å². The highest BCUT2D eigenvalue weighted by Gasteiger charge is 2.23. The van der Waals surface area contributed by atoms with Gasteiger partial charge in [-0.25, -0.2) is 4.79 Å². The molecule has 5 heteroatoms. The number of hydrogen-bond acceptors (Lipinski definition) is 4. The van der Waals surface area contributed by atoms with E-state index in [1.165, 1.54) is 6.20 Å². The summed E-state index contributed by atoms with van der Waals surface area (Å²) in [4.78, 5) is 17.1. The molecule has 3 N–H and O–H groups in total. The van der Waals surface area contributed by atoms with Crippen LogP contribution < -0.4 is 10.6 Å². The van der Waals surface area contributed by atoms with Gasteiger partial charge in [0.25, 0.3) is 0 Å². The fourth-order valence-electron chi connectivity index (χ4n) is 1.98. The summed E-state index contributed by atoms with van der Waals surface area (Å²) < 4.78 is 0. The zero-order valence-corrected chi connectivity index (χ0v) is 9.18. The normalized spacial score (nSPS) is 20.1. The van der Waals surface area contributed by atoms with Crippen LogP contribution in [0.15, 0.2) is 12.3 Å². The van der Waals surface area contributed by atoms with E-state index < -0.39 is 5.97 Å². The van der Waals surface area contributed by atoms with Gasteiger partial charge in [0.1, 0.15) is 5.56 Å². The zero-order chi connectivity index (χ0) is 11.7. The highest BCUT2D eigenvalue weighted by molar-refractivity contribution is 5.94. The summed E-state index contributed by atoms with van der Waals surface area (Å²) in [6, 6.07) is 1.94. The Morgan fingerprint density at radius 1 is 1.69 bits per heavy atom. The van der Waals surface area contributed by atoms with E-state index >= 15 is 0 Å². The van der Waals surface area contributed by atoms with Gasteiger partial charge in [-0.1, -0.05) is 0 Å².